The van der Waals surface area contributed by atoms with Crippen LogP contribution in [0, 0.1) is 0 Å². The number of imidazole rings is 1. The number of pyridine rings is 1. The standard InChI is InChI=1S/C37H24N4/c1-3-11-26(12-4-1)33-24-34(39-36(38-33)27-13-5-2-6-14-27)30-16-9-15-28(22-30)29-18-19-32-35(23-29)41-21-20-25-10-7-8-17-31(25)37(41)40-32/h1-24H. The summed E-state index contributed by atoms with van der Waals surface area (Å²) in [4.78, 5) is 14.9. The van der Waals surface area contributed by atoms with Gasteiger partial charge in [0, 0.05) is 28.3 Å². The minimum absolute atomic E-state index is 0.715. The average molecular weight is 525 g/mol. The van der Waals surface area contributed by atoms with Crippen LogP contribution in [0.3, 0.4) is 0 Å². The fraction of sp³-hybridized carbons (Fsp3) is 0. The Morgan fingerprint density at radius 2 is 1.10 bits per heavy atom. The summed E-state index contributed by atoms with van der Waals surface area (Å²) in [5.41, 5.74) is 10.2. The second-order valence-corrected chi connectivity index (χ2v) is 10.2. The van der Waals surface area contributed by atoms with E-state index in [-0.39, 0.29) is 0 Å². The third-order valence-electron chi connectivity index (χ3n) is 7.61. The van der Waals surface area contributed by atoms with Crippen molar-refractivity contribution in [1.82, 2.24) is 19.4 Å². The number of hydrogen-bond donors (Lipinski definition) is 0. The van der Waals surface area contributed by atoms with Gasteiger partial charge in [-0.05, 0) is 46.8 Å². The molecular formula is C37H24N4. The Labute approximate surface area is 237 Å². The molecule has 0 fully saturated rings. The molecule has 0 saturated carbocycles. The van der Waals surface area contributed by atoms with Crippen molar-refractivity contribution in [3.8, 4) is 45.0 Å². The fourth-order valence-electron chi connectivity index (χ4n) is 5.54. The molecule has 0 unspecified atom stereocenters. The maximum absolute atomic E-state index is 5.02. The van der Waals surface area contributed by atoms with E-state index in [1.807, 2.05) is 36.4 Å². The quantitative estimate of drug-likeness (QED) is 0.231. The topological polar surface area (TPSA) is 43.1 Å². The van der Waals surface area contributed by atoms with E-state index in [4.69, 9.17) is 15.0 Å². The molecule has 0 spiro atoms. The molecule has 4 heteroatoms. The van der Waals surface area contributed by atoms with Gasteiger partial charge in [0.15, 0.2) is 5.82 Å². The van der Waals surface area contributed by atoms with Crippen LogP contribution in [0.2, 0.25) is 0 Å². The highest BCUT2D eigenvalue weighted by molar-refractivity contribution is 5.98. The molecule has 0 saturated heterocycles. The van der Waals surface area contributed by atoms with Crippen LogP contribution in [0.4, 0.5) is 0 Å². The van der Waals surface area contributed by atoms with Gasteiger partial charge in [0.25, 0.3) is 0 Å². The second kappa shape index (κ2) is 9.54. The van der Waals surface area contributed by atoms with E-state index < -0.39 is 0 Å². The molecule has 0 bridgehead atoms. The molecule has 0 N–H and O–H groups in total. The van der Waals surface area contributed by atoms with Gasteiger partial charge in [-0.2, -0.15) is 0 Å². The minimum Gasteiger partial charge on any atom is -0.299 e. The normalized spacial score (nSPS) is 11.4. The molecule has 3 heterocycles. The molecule has 0 atom stereocenters. The molecule has 3 aromatic heterocycles. The molecule has 8 rings (SSSR count). The molecule has 41 heavy (non-hydrogen) atoms. The number of benzene rings is 5. The molecule has 0 aliphatic rings. The van der Waals surface area contributed by atoms with Crippen LogP contribution in [0.1, 0.15) is 0 Å². The van der Waals surface area contributed by atoms with E-state index in [2.05, 4.69) is 114 Å². The summed E-state index contributed by atoms with van der Waals surface area (Å²) in [7, 11) is 0. The lowest BCUT2D eigenvalue weighted by Crippen LogP contribution is -1.96. The molecule has 0 aliphatic carbocycles. The maximum atomic E-state index is 5.02. The molecule has 192 valence electrons. The van der Waals surface area contributed by atoms with Gasteiger partial charge in [0.2, 0.25) is 0 Å². The van der Waals surface area contributed by atoms with E-state index in [1.165, 1.54) is 5.39 Å². The van der Waals surface area contributed by atoms with Gasteiger partial charge in [0.05, 0.1) is 22.4 Å². The monoisotopic (exact) mass is 524 g/mol. The first-order valence-corrected chi connectivity index (χ1v) is 13.7. The first-order chi connectivity index (χ1) is 20.3. The Balaban J connectivity index is 1.26. The van der Waals surface area contributed by atoms with Gasteiger partial charge in [-0.1, -0.05) is 109 Å². The second-order valence-electron chi connectivity index (χ2n) is 10.2. The Morgan fingerprint density at radius 3 is 1.93 bits per heavy atom. The van der Waals surface area contributed by atoms with Crippen molar-refractivity contribution in [3.63, 3.8) is 0 Å². The molecule has 8 aromatic rings. The smallest absolute Gasteiger partial charge is 0.160 e. The predicted octanol–water partition coefficient (Wildman–Crippen LogP) is 9.10. The van der Waals surface area contributed by atoms with E-state index in [0.29, 0.717) is 5.82 Å². The molecule has 0 aliphatic heterocycles. The summed E-state index contributed by atoms with van der Waals surface area (Å²) in [6, 6.07) is 48.2. The lowest BCUT2D eigenvalue weighted by molar-refractivity contribution is 1.18. The highest BCUT2D eigenvalue weighted by Crippen LogP contribution is 2.32. The number of rotatable bonds is 4. The zero-order valence-corrected chi connectivity index (χ0v) is 22.1. The number of fused-ring (bicyclic) bond motifs is 5. The zero-order chi connectivity index (χ0) is 27.2. The van der Waals surface area contributed by atoms with Crippen molar-refractivity contribution in [2.75, 3.05) is 0 Å². The SMILES string of the molecule is c1ccc(-c2cc(-c3cccc(-c4ccc5nc6c7ccccc7ccn6c5c4)c3)nc(-c3ccccc3)n2)cc1. The number of nitrogens with zero attached hydrogens (tertiary/aromatic N) is 4. The van der Waals surface area contributed by atoms with Gasteiger partial charge in [-0.15, -0.1) is 0 Å². The van der Waals surface area contributed by atoms with Gasteiger partial charge in [-0.3, -0.25) is 4.40 Å². The lowest BCUT2D eigenvalue weighted by Gasteiger charge is -2.11. The van der Waals surface area contributed by atoms with Gasteiger partial charge in [-0.25, -0.2) is 15.0 Å². The van der Waals surface area contributed by atoms with E-state index in [0.717, 1.165) is 61.3 Å². The summed E-state index contributed by atoms with van der Waals surface area (Å²) in [6.45, 7) is 0. The Bertz CT molecular complexity index is 2140. The van der Waals surface area contributed by atoms with Crippen molar-refractivity contribution in [2.24, 2.45) is 0 Å². The Hall–Kier alpha value is -5.61. The first-order valence-electron chi connectivity index (χ1n) is 13.7. The minimum atomic E-state index is 0.715. The van der Waals surface area contributed by atoms with Gasteiger partial charge >= 0.3 is 0 Å². The maximum Gasteiger partial charge on any atom is 0.160 e. The highest BCUT2D eigenvalue weighted by Gasteiger charge is 2.13. The van der Waals surface area contributed by atoms with Crippen molar-refractivity contribution in [3.05, 3.63) is 146 Å². The highest BCUT2D eigenvalue weighted by atomic mass is 15.0. The third kappa shape index (κ3) is 4.14. The molecule has 5 aromatic carbocycles. The van der Waals surface area contributed by atoms with Crippen molar-refractivity contribution < 1.29 is 0 Å². The van der Waals surface area contributed by atoms with Crippen molar-refractivity contribution >= 4 is 27.5 Å². The molecule has 0 radical (unpaired) electrons. The van der Waals surface area contributed by atoms with Crippen LogP contribution in [-0.4, -0.2) is 19.4 Å². The number of hydrogen-bond acceptors (Lipinski definition) is 3. The lowest BCUT2D eigenvalue weighted by atomic mass is 10.00. The molecule has 0 amide bonds. The van der Waals surface area contributed by atoms with Crippen LogP contribution in [0.25, 0.3) is 72.5 Å². The van der Waals surface area contributed by atoms with Crippen LogP contribution >= 0.6 is 0 Å². The Morgan fingerprint density at radius 1 is 0.439 bits per heavy atom. The summed E-state index contributed by atoms with van der Waals surface area (Å²) >= 11 is 0. The average Bonchev–Trinajstić information content (AvgIpc) is 3.44. The van der Waals surface area contributed by atoms with Crippen molar-refractivity contribution in [1.29, 1.82) is 0 Å². The third-order valence-corrected chi connectivity index (χ3v) is 7.61. The first kappa shape index (κ1) is 23.3. The zero-order valence-electron chi connectivity index (χ0n) is 22.1. The molecular weight excluding hydrogens is 500 g/mol. The summed E-state index contributed by atoms with van der Waals surface area (Å²) < 4.78 is 2.19. The van der Waals surface area contributed by atoms with Crippen LogP contribution < -0.4 is 0 Å². The van der Waals surface area contributed by atoms with Crippen LogP contribution in [0.15, 0.2) is 146 Å². The van der Waals surface area contributed by atoms with Crippen LogP contribution in [-0.2, 0) is 0 Å². The summed E-state index contributed by atoms with van der Waals surface area (Å²) in [5.74, 6) is 0.715. The van der Waals surface area contributed by atoms with E-state index in [1.54, 1.807) is 0 Å². The molecule has 4 nitrogen and oxygen atoms in total. The summed E-state index contributed by atoms with van der Waals surface area (Å²) in [6.07, 6.45) is 2.12. The number of aromatic nitrogens is 4. The van der Waals surface area contributed by atoms with E-state index >= 15 is 0 Å². The summed E-state index contributed by atoms with van der Waals surface area (Å²) in [5, 5.41) is 2.35. The van der Waals surface area contributed by atoms with Crippen LogP contribution in [0.5, 0.6) is 0 Å². The predicted molar refractivity (Wildman–Crippen MR) is 168 cm³/mol. The largest absolute Gasteiger partial charge is 0.299 e. The van der Waals surface area contributed by atoms with Gasteiger partial charge < -0.3 is 0 Å². The Kier molecular flexibility index (Phi) is 5.42. The van der Waals surface area contributed by atoms with E-state index in [9.17, 15) is 0 Å². The fourth-order valence-corrected chi connectivity index (χ4v) is 5.54. The van der Waals surface area contributed by atoms with Gasteiger partial charge in [0.1, 0.15) is 5.65 Å². The van der Waals surface area contributed by atoms with Crippen molar-refractivity contribution in [2.45, 2.75) is 0 Å².